The molecule has 3 rings (SSSR count). The Morgan fingerprint density at radius 1 is 0.759 bits per heavy atom. The quantitative estimate of drug-likeness (QED) is 0.592. The lowest BCUT2D eigenvalue weighted by Gasteiger charge is -2.12. The Balaban J connectivity index is 1.74. The highest BCUT2D eigenvalue weighted by molar-refractivity contribution is 7.92. The topological polar surface area (TPSA) is 92.3 Å². The SMILES string of the molecule is Cc1ccc(C)c(NS(=O)(=O)c2ccc(NS(=O)(=O)Cc3ccccc3)cc2)c1. The first-order valence-corrected chi connectivity index (χ1v) is 12.0. The van der Waals surface area contributed by atoms with Crippen LogP contribution >= 0.6 is 0 Å². The lowest BCUT2D eigenvalue weighted by atomic mass is 10.1. The van der Waals surface area contributed by atoms with Gasteiger partial charge in [0.15, 0.2) is 0 Å². The van der Waals surface area contributed by atoms with Gasteiger partial charge in [-0.25, -0.2) is 16.8 Å². The highest BCUT2D eigenvalue weighted by atomic mass is 32.2. The van der Waals surface area contributed by atoms with Gasteiger partial charge in [0, 0.05) is 5.69 Å². The van der Waals surface area contributed by atoms with E-state index in [2.05, 4.69) is 9.44 Å². The third-order valence-corrected chi connectivity index (χ3v) is 6.92. The Bertz CT molecular complexity index is 1210. The molecule has 0 aliphatic carbocycles. The zero-order valence-corrected chi connectivity index (χ0v) is 17.7. The third-order valence-electron chi connectivity index (χ3n) is 4.27. The highest BCUT2D eigenvalue weighted by Crippen LogP contribution is 2.22. The molecule has 0 unspecified atom stereocenters. The van der Waals surface area contributed by atoms with Crippen LogP contribution in [0.15, 0.2) is 77.7 Å². The summed E-state index contributed by atoms with van der Waals surface area (Å²) in [6.45, 7) is 3.70. The summed E-state index contributed by atoms with van der Waals surface area (Å²) in [6, 6.07) is 19.9. The molecule has 0 aromatic heterocycles. The molecule has 0 aliphatic heterocycles. The summed E-state index contributed by atoms with van der Waals surface area (Å²) in [5.74, 6) is -0.165. The normalized spacial score (nSPS) is 11.8. The van der Waals surface area contributed by atoms with Gasteiger partial charge in [0.1, 0.15) is 0 Å². The molecule has 3 aromatic rings. The van der Waals surface area contributed by atoms with Crippen molar-refractivity contribution in [3.05, 3.63) is 89.5 Å². The van der Waals surface area contributed by atoms with Crippen LogP contribution in [0.25, 0.3) is 0 Å². The molecule has 0 saturated carbocycles. The molecule has 6 nitrogen and oxygen atoms in total. The fourth-order valence-corrected chi connectivity index (χ4v) is 5.08. The van der Waals surface area contributed by atoms with Crippen LogP contribution in [0.1, 0.15) is 16.7 Å². The van der Waals surface area contributed by atoms with Crippen molar-refractivity contribution in [2.24, 2.45) is 0 Å². The van der Waals surface area contributed by atoms with E-state index in [0.29, 0.717) is 16.9 Å². The second-order valence-electron chi connectivity index (χ2n) is 6.79. The lowest BCUT2D eigenvalue weighted by Crippen LogP contribution is -2.16. The Hall–Kier alpha value is -2.84. The van der Waals surface area contributed by atoms with Crippen molar-refractivity contribution in [1.29, 1.82) is 0 Å². The van der Waals surface area contributed by atoms with E-state index in [1.807, 2.05) is 32.0 Å². The van der Waals surface area contributed by atoms with E-state index in [4.69, 9.17) is 0 Å². The molecular weight excluding hydrogens is 408 g/mol. The number of nitrogens with one attached hydrogen (secondary N) is 2. The first kappa shape index (κ1) is 20.9. The number of sulfonamides is 2. The van der Waals surface area contributed by atoms with Gasteiger partial charge in [0.2, 0.25) is 10.0 Å². The summed E-state index contributed by atoms with van der Waals surface area (Å²) >= 11 is 0. The van der Waals surface area contributed by atoms with E-state index in [1.165, 1.54) is 24.3 Å². The van der Waals surface area contributed by atoms with Gasteiger partial charge in [-0.05, 0) is 60.9 Å². The standard InChI is InChI=1S/C21H22N2O4S2/c1-16-8-9-17(2)21(14-16)23-29(26,27)20-12-10-19(11-13-20)22-28(24,25)15-18-6-4-3-5-7-18/h3-14,22-23H,15H2,1-2H3. The van der Waals surface area contributed by atoms with E-state index < -0.39 is 20.0 Å². The van der Waals surface area contributed by atoms with E-state index in [9.17, 15) is 16.8 Å². The molecule has 0 radical (unpaired) electrons. The molecular formula is C21H22N2O4S2. The van der Waals surface area contributed by atoms with Crippen LogP contribution in [0.5, 0.6) is 0 Å². The maximum Gasteiger partial charge on any atom is 0.261 e. The van der Waals surface area contributed by atoms with Crippen LogP contribution < -0.4 is 9.44 Å². The van der Waals surface area contributed by atoms with Crippen molar-refractivity contribution in [2.45, 2.75) is 24.5 Å². The summed E-state index contributed by atoms with van der Waals surface area (Å²) in [5, 5.41) is 0. The van der Waals surface area contributed by atoms with Crippen molar-refractivity contribution in [1.82, 2.24) is 0 Å². The molecule has 0 atom stereocenters. The van der Waals surface area contributed by atoms with E-state index in [1.54, 1.807) is 30.3 Å². The Morgan fingerprint density at radius 3 is 2.07 bits per heavy atom. The summed E-state index contributed by atoms with van der Waals surface area (Å²) in [7, 11) is -7.40. The van der Waals surface area contributed by atoms with E-state index >= 15 is 0 Å². The first-order chi connectivity index (χ1) is 13.6. The predicted molar refractivity (Wildman–Crippen MR) is 116 cm³/mol. The van der Waals surface area contributed by atoms with Crippen LogP contribution in [0.2, 0.25) is 0 Å². The summed E-state index contributed by atoms with van der Waals surface area (Å²) in [4.78, 5) is 0.0458. The average molecular weight is 431 g/mol. The molecule has 0 spiro atoms. The number of anilines is 2. The lowest BCUT2D eigenvalue weighted by molar-refractivity contribution is 0.599. The summed E-state index contributed by atoms with van der Waals surface area (Å²) in [6.07, 6.45) is 0. The highest BCUT2D eigenvalue weighted by Gasteiger charge is 2.17. The van der Waals surface area contributed by atoms with Gasteiger partial charge in [-0.1, -0.05) is 42.5 Å². The van der Waals surface area contributed by atoms with Crippen molar-refractivity contribution in [3.63, 3.8) is 0 Å². The van der Waals surface area contributed by atoms with Crippen LogP contribution in [0, 0.1) is 13.8 Å². The Labute approximate surface area is 171 Å². The second kappa shape index (κ2) is 8.26. The molecule has 3 aromatic carbocycles. The van der Waals surface area contributed by atoms with Gasteiger partial charge in [0.05, 0.1) is 16.3 Å². The predicted octanol–water partition coefficient (Wildman–Crippen LogP) is 4.05. The van der Waals surface area contributed by atoms with Crippen LogP contribution in [0.3, 0.4) is 0 Å². The first-order valence-electron chi connectivity index (χ1n) is 8.89. The molecule has 0 bridgehead atoms. The maximum absolute atomic E-state index is 12.7. The van der Waals surface area contributed by atoms with Crippen molar-refractivity contribution in [3.8, 4) is 0 Å². The molecule has 2 N–H and O–H groups in total. The maximum atomic E-state index is 12.7. The zero-order chi connectivity index (χ0) is 21.1. The van der Waals surface area contributed by atoms with E-state index in [0.717, 1.165) is 11.1 Å². The summed E-state index contributed by atoms with van der Waals surface area (Å²) in [5.41, 5.74) is 3.22. The summed E-state index contributed by atoms with van der Waals surface area (Å²) < 4.78 is 55.0. The molecule has 0 aliphatic rings. The molecule has 152 valence electrons. The zero-order valence-electron chi connectivity index (χ0n) is 16.1. The van der Waals surface area contributed by atoms with Gasteiger partial charge >= 0.3 is 0 Å². The minimum Gasteiger partial charge on any atom is -0.283 e. The smallest absolute Gasteiger partial charge is 0.261 e. The number of aryl methyl sites for hydroxylation is 2. The van der Waals surface area contributed by atoms with E-state index in [-0.39, 0.29) is 10.6 Å². The third kappa shape index (κ3) is 5.58. The van der Waals surface area contributed by atoms with Crippen LogP contribution in [-0.2, 0) is 25.8 Å². The molecule has 8 heteroatoms. The van der Waals surface area contributed by atoms with Gasteiger partial charge in [-0.15, -0.1) is 0 Å². The fourth-order valence-electron chi connectivity index (χ4n) is 2.76. The minimum absolute atomic E-state index is 0.0458. The molecule has 29 heavy (non-hydrogen) atoms. The van der Waals surface area contributed by atoms with Crippen molar-refractivity contribution in [2.75, 3.05) is 9.44 Å². The molecule has 0 fully saturated rings. The fraction of sp³-hybridized carbons (Fsp3) is 0.143. The van der Waals surface area contributed by atoms with Gasteiger partial charge < -0.3 is 0 Å². The minimum atomic E-state index is -3.79. The van der Waals surface area contributed by atoms with Crippen LogP contribution in [-0.4, -0.2) is 16.8 Å². The van der Waals surface area contributed by atoms with Crippen LogP contribution in [0.4, 0.5) is 11.4 Å². The van der Waals surface area contributed by atoms with Gasteiger partial charge in [-0.3, -0.25) is 9.44 Å². The number of benzene rings is 3. The molecule has 0 amide bonds. The number of hydrogen-bond acceptors (Lipinski definition) is 4. The Morgan fingerprint density at radius 2 is 1.41 bits per heavy atom. The molecule has 0 saturated heterocycles. The average Bonchev–Trinajstić information content (AvgIpc) is 2.65. The van der Waals surface area contributed by atoms with Gasteiger partial charge in [-0.2, -0.15) is 0 Å². The monoisotopic (exact) mass is 430 g/mol. The number of rotatable bonds is 7. The Kier molecular flexibility index (Phi) is 5.95. The molecule has 0 heterocycles. The van der Waals surface area contributed by atoms with Crippen molar-refractivity contribution >= 4 is 31.4 Å². The largest absolute Gasteiger partial charge is 0.283 e. The van der Waals surface area contributed by atoms with Crippen molar-refractivity contribution < 1.29 is 16.8 Å². The second-order valence-corrected chi connectivity index (χ2v) is 10.2. The number of hydrogen-bond donors (Lipinski definition) is 2. The van der Waals surface area contributed by atoms with Gasteiger partial charge in [0.25, 0.3) is 10.0 Å².